The number of carbonyl (C=O) groups is 2. The molecule has 0 heterocycles. The van der Waals surface area contributed by atoms with Crippen LogP contribution < -0.4 is 21.9 Å². The third-order valence-corrected chi connectivity index (χ3v) is 3.56. The Balaban J connectivity index is 2.53. The fourth-order valence-corrected chi connectivity index (χ4v) is 2.20. The van der Waals surface area contributed by atoms with Crippen LogP contribution in [-0.2, 0) is 16.0 Å². The number of ether oxygens (including phenoxy) is 1. The van der Waals surface area contributed by atoms with E-state index in [1.807, 2.05) is 12.1 Å². The fourth-order valence-electron chi connectivity index (χ4n) is 1.92. The van der Waals surface area contributed by atoms with Crippen molar-refractivity contribution >= 4 is 23.4 Å². The molecule has 0 aliphatic carbocycles. The van der Waals surface area contributed by atoms with E-state index in [9.17, 15) is 9.59 Å². The lowest BCUT2D eigenvalue weighted by molar-refractivity contribution is -0.119. The molecule has 6 nitrogen and oxygen atoms in total. The Bertz CT molecular complexity index is 523. The Hall–Kier alpha value is -1.79. The van der Waals surface area contributed by atoms with Crippen molar-refractivity contribution in [2.75, 3.05) is 6.61 Å². The predicted molar refractivity (Wildman–Crippen MR) is 85.5 cm³/mol. The first kappa shape index (κ1) is 18.3. The molecule has 0 bridgehead atoms. The number of aryl methyl sites for hydroxylation is 1. The molecule has 1 rings (SSSR count). The molecule has 0 fully saturated rings. The zero-order chi connectivity index (χ0) is 16.5. The lowest BCUT2D eigenvalue weighted by Gasteiger charge is -2.15. The highest BCUT2D eigenvalue weighted by Gasteiger charge is 2.10. The number of primary amides is 2. The lowest BCUT2D eigenvalue weighted by Crippen LogP contribution is -2.29. The minimum atomic E-state index is -0.384. The third-order valence-electron chi connectivity index (χ3n) is 3.13. The fraction of sp³-hybridized carbons (Fsp3) is 0.467. The van der Waals surface area contributed by atoms with Gasteiger partial charge in [-0.1, -0.05) is 23.7 Å². The number of rotatable bonds is 10. The van der Waals surface area contributed by atoms with Gasteiger partial charge < -0.3 is 21.9 Å². The smallest absolute Gasteiger partial charge is 0.217 e. The van der Waals surface area contributed by atoms with Crippen molar-refractivity contribution in [2.24, 2.45) is 17.2 Å². The standard InChI is InChI=1S/C15H22ClN3O3/c16-15-10(4-2-6-13(18)20)3-1-5-12(15)22-9-11(17)7-8-14(19)21/h1,3,5,11H,2,4,6-9,17H2,(H2,18,20)(H2,19,21)/t11-/m0/s1. The van der Waals surface area contributed by atoms with Gasteiger partial charge in [0.2, 0.25) is 11.8 Å². The molecule has 1 aromatic carbocycles. The minimum Gasteiger partial charge on any atom is -0.490 e. The molecule has 6 N–H and O–H groups in total. The van der Waals surface area contributed by atoms with Crippen molar-refractivity contribution in [2.45, 2.75) is 38.1 Å². The van der Waals surface area contributed by atoms with Gasteiger partial charge in [-0.15, -0.1) is 0 Å². The maximum absolute atomic E-state index is 10.7. The summed E-state index contributed by atoms with van der Waals surface area (Å²) < 4.78 is 5.60. The molecule has 7 heteroatoms. The summed E-state index contributed by atoms with van der Waals surface area (Å²) in [5, 5.41) is 0.508. The Morgan fingerprint density at radius 3 is 2.50 bits per heavy atom. The number of halogens is 1. The van der Waals surface area contributed by atoms with Crippen LogP contribution in [0.4, 0.5) is 0 Å². The highest BCUT2D eigenvalue weighted by molar-refractivity contribution is 6.32. The molecule has 0 saturated heterocycles. The van der Waals surface area contributed by atoms with Gasteiger partial charge >= 0.3 is 0 Å². The van der Waals surface area contributed by atoms with Crippen molar-refractivity contribution in [1.82, 2.24) is 0 Å². The first-order valence-corrected chi connectivity index (χ1v) is 7.50. The molecule has 0 aromatic heterocycles. The molecule has 0 aliphatic rings. The average molecular weight is 328 g/mol. The molecule has 1 atom stereocenters. The van der Waals surface area contributed by atoms with E-state index >= 15 is 0 Å². The Labute approximate surface area is 134 Å². The molecule has 0 spiro atoms. The lowest BCUT2D eigenvalue weighted by atomic mass is 10.1. The number of carbonyl (C=O) groups excluding carboxylic acids is 2. The third kappa shape index (κ3) is 6.78. The van der Waals surface area contributed by atoms with Gasteiger partial charge in [0.15, 0.2) is 0 Å². The van der Waals surface area contributed by atoms with E-state index in [2.05, 4.69) is 0 Å². The van der Waals surface area contributed by atoms with Gasteiger partial charge in [0.25, 0.3) is 0 Å². The van der Waals surface area contributed by atoms with Crippen molar-refractivity contribution in [3.05, 3.63) is 28.8 Å². The Morgan fingerprint density at radius 2 is 1.86 bits per heavy atom. The minimum absolute atomic E-state index is 0.228. The van der Waals surface area contributed by atoms with Crippen molar-refractivity contribution < 1.29 is 14.3 Å². The molecule has 0 radical (unpaired) electrons. The number of benzene rings is 1. The molecule has 0 saturated carbocycles. The molecule has 22 heavy (non-hydrogen) atoms. The van der Waals surface area contributed by atoms with Crippen LogP contribution in [0.15, 0.2) is 18.2 Å². The summed E-state index contributed by atoms with van der Waals surface area (Å²) >= 11 is 6.28. The topological polar surface area (TPSA) is 121 Å². The monoisotopic (exact) mass is 327 g/mol. The summed E-state index contributed by atoms with van der Waals surface area (Å²) in [5.74, 6) is -0.179. The number of hydrogen-bond acceptors (Lipinski definition) is 4. The van der Waals surface area contributed by atoms with Gasteiger partial charge in [-0.3, -0.25) is 9.59 Å². The molecule has 2 amide bonds. The number of amides is 2. The van der Waals surface area contributed by atoms with E-state index in [1.165, 1.54) is 0 Å². The largest absolute Gasteiger partial charge is 0.490 e. The molecular weight excluding hydrogens is 306 g/mol. The summed E-state index contributed by atoms with van der Waals surface area (Å²) in [6.07, 6.45) is 2.29. The summed E-state index contributed by atoms with van der Waals surface area (Å²) in [4.78, 5) is 21.4. The maximum Gasteiger partial charge on any atom is 0.217 e. The summed E-state index contributed by atoms with van der Waals surface area (Å²) in [7, 11) is 0. The van der Waals surface area contributed by atoms with E-state index < -0.39 is 0 Å². The van der Waals surface area contributed by atoms with Crippen LogP contribution in [0.5, 0.6) is 5.75 Å². The van der Waals surface area contributed by atoms with Gasteiger partial charge in [0, 0.05) is 18.9 Å². The van der Waals surface area contributed by atoms with Crippen LogP contribution in [0.1, 0.15) is 31.2 Å². The highest BCUT2D eigenvalue weighted by Crippen LogP contribution is 2.29. The van der Waals surface area contributed by atoms with Crippen molar-refractivity contribution in [3.8, 4) is 5.75 Å². The van der Waals surface area contributed by atoms with Crippen LogP contribution in [0.3, 0.4) is 0 Å². The molecule has 1 aromatic rings. The zero-order valence-corrected chi connectivity index (χ0v) is 13.1. The predicted octanol–water partition coefficient (Wildman–Crippen LogP) is 1.12. The van der Waals surface area contributed by atoms with Gasteiger partial charge in [0.05, 0.1) is 5.02 Å². The Kier molecular flexibility index (Phi) is 7.70. The van der Waals surface area contributed by atoms with Crippen LogP contribution in [0.25, 0.3) is 0 Å². The van der Waals surface area contributed by atoms with Crippen LogP contribution in [-0.4, -0.2) is 24.5 Å². The van der Waals surface area contributed by atoms with E-state index in [1.54, 1.807) is 6.07 Å². The Morgan fingerprint density at radius 1 is 1.18 bits per heavy atom. The number of nitrogens with two attached hydrogens (primary N) is 3. The highest BCUT2D eigenvalue weighted by atomic mass is 35.5. The molecule has 122 valence electrons. The molecular formula is C15H22ClN3O3. The summed E-state index contributed by atoms with van der Waals surface area (Å²) in [5.41, 5.74) is 16.9. The van der Waals surface area contributed by atoms with Gasteiger partial charge in [-0.25, -0.2) is 0 Å². The van der Waals surface area contributed by atoms with Crippen LogP contribution in [0, 0.1) is 0 Å². The molecule has 0 unspecified atom stereocenters. The molecule has 0 aliphatic heterocycles. The van der Waals surface area contributed by atoms with Gasteiger partial charge in [0.1, 0.15) is 12.4 Å². The maximum atomic E-state index is 10.7. The van der Waals surface area contributed by atoms with E-state index in [4.69, 9.17) is 33.5 Å². The van der Waals surface area contributed by atoms with E-state index in [0.717, 1.165) is 5.56 Å². The SMILES string of the molecule is NC(=O)CCCc1cccc(OC[C@@H](N)CCC(N)=O)c1Cl. The summed E-state index contributed by atoms with van der Waals surface area (Å²) in [6, 6.07) is 5.17. The van der Waals surface area contributed by atoms with E-state index in [-0.39, 0.29) is 30.9 Å². The first-order valence-electron chi connectivity index (χ1n) is 7.12. The summed E-state index contributed by atoms with van der Waals surface area (Å²) in [6.45, 7) is 0.248. The first-order chi connectivity index (χ1) is 10.4. The quantitative estimate of drug-likeness (QED) is 0.596. The van der Waals surface area contributed by atoms with Crippen molar-refractivity contribution in [1.29, 1.82) is 0 Å². The van der Waals surface area contributed by atoms with Gasteiger partial charge in [-0.2, -0.15) is 0 Å². The van der Waals surface area contributed by atoms with Crippen molar-refractivity contribution in [3.63, 3.8) is 0 Å². The second kappa shape index (κ2) is 9.27. The second-order valence-corrected chi connectivity index (χ2v) is 5.50. The van der Waals surface area contributed by atoms with Gasteiger partial charge in [-0.05, 0) is 30.9 Å². The van der Waals surface area contributed by atoms with E-state index in [0.29, 0.717) is 36.5 Å². The average Bonchev–Trinajstić information content (AvgIpc) is 2.45. The van der Waals surface area contributed by atoms with Crippen LogP contribution in [0.2, 0.25) is 5.02 Å². The normalized spacial score (nSPS) is 11.9. The van der Waals surface area contributed by atoms with Crippen LogP contribution >= 0.6 is 11.6 Å². The number of hydrogen-bond donors (Lipinski definition) is 3. The second-order valence-electron chi connectivity index (χ2n) is 5.13. The zero-order valence-electron chi connectivity index (χ0n) is 12.4.